The Morgan fingerprint density at radius 3 is 2.18 bits per heavy atom. The van der Waals surface area contributed by atoms with E-state index in [4.69, 9.17) is 0 Å². The lowest BCUT2D eigenvalue weighted by Gasteiger charge is -2.32. The summed E-state index contributed by atoms with van der Waals surface area (Å²) in [7, 11) is 0. The van der Waals surface area contributed by atoms with Crippen LogP contribution in [0.5, 0.6) is 11.5 Å². The van der Waals surface area contributed by atoms with E-state index in [1.165, 1.54) is 0 Å². The predicted molar refractivity (Wildman–Crippen MR) is 71.6 cm³/mol. The number of phenolic OH excluding ortho intramolecular Hbond substituents is 2. The van der Waals surface area contributed by atoms with Crippen LogP contribution in [0.1, 0.15) is 10.4 Å². The van der Waals surface area contributed by atoms with Crippen LogP contribution in [0.4, 0.5) is 0 Å². The molecule has 0 amide bonds. The molecule has 6 N–H and O–H groups in total. The van der Waals surface area contributed by atoms with E-state index in [-0.39, 0.29) is 5.56 Å². The van der Waals surface area contributed by atoms with Gasteiger partial charge in [-0.2, -0.15) is 0 Å². The molecule has 2 atom stereocenters. The number of allylic oxidation sites excluding steroid dienone is 1. The van der Waals surface area contributed by atoms with Gasteiger partial charge in [0.05, 0.1) is 0 Å². The van der Waals surface area contributed by atoms with Crippen molar-refractivity contribution in [3.05, 3.63) is 47.4 Å². The Bertz CT molecular complexity index is 718. The van der Waals surface area contributed by atoms with Crippen LogP contribution in [-0.2, 0) is 4.79 Å². The van der Waals surface area contributed by atoms with Crippen molar-refractivity contribution in [1.29, 1.82) is 0 Å². The minimum Gasteiger partial charge on any atom is -0.510 e. The number of Topliss-reactive ketones (excluding diaryl/α,β-unsaturated/α-hetero) is 1. The van der Waals surface area contributed by atoms with Crippen LogP contribution in [0.25, 0.3) is 0 Å². The third-order valence-electron chi connectivity index (χ3n) is 3.39. The van der Waals surface area contributed by atoms with Crippen molar-refractivity contribution in [2.24, 2.45) is 5.41 Å². The summed E-state index contributed by atoms with van der Waals surface area (Å²) in [4.78, 5) is 24.1. The van der Waals surface area contributed by atoms with E-state index < -0.39 is 46.3 Å². The van der Waals surface area contributed by atoms with Crippen molar-refractivity contribution in [2.75, 3.05) is 0 Å². The highest BCUT2D eigenvalue weighted by Gasteiger charge is 2.57. The zero-order valence-electron chi connectivity index (χ0n) is 11.0. The molecule has 0 bridgehead atoms. The molecule has 1 aliphatic carbocycles. The van der Waals surface area contributed by atoms with Gasteiger partial charge in [0.1, 0.15) is 17.6 Å². The van der Waals surface area contributed by atoms with Crippen LogP contribution < -0.4 is 0 Å². The van der Waals surface area contributed by atoms with Crippen molar-refractivity contribution >= 4 is 11.8 Å². The molecule has 0 saturated carbocycles. The van der Waals surface area contributed by atoms with Crippen molar-refractivity contribution in [2.45, 2.75) is 6.10 Å². The van der Waals surface area contributed by atoms with Crippen LogP contribution in [-0.4, -0.2) is 48.5 Å². The van der Waals surface area contributed by atoms with Crippen LogP contribution in [0.3, 0.4) is 0 Å². The highest BCUT2D eigenvalue weighted by Crippen LogP contribution is 2.40. The molecule has 0 aromatic heterocycles. The number of ketones is 1. The first-order valence-electron chi connectivity index (χ1n) is 6.01. The maximum absolute atomic E-state index is 12.5. The van der Waals surface area contributed by atoms with E-state index in [0.717, 1.165) is 18.2 Å². The van der Waals surface area contributed by atoms with Gasteiger partial charge < -0.3 is 30.6 Å². The Hall–Kier alpha value is -3.00. The van der Waals surface area contributed by atoms with Gasteiger partial charge in [-0.1, -0.05) is 0 Å². The van der Waals surface area contributed by atoms with Gasteiger partial charge in [0.15, 0.2) is 17.3 Å². The number of hydrogen-bond donors (Lipinski definition) is 6. The summed E-state index contributed by atoms with van der Waals surface area (Å²) in [5, 5.41) is 57.1. The lowest BCUT2D eigenvalue weighted by atomic mass is 9.71. The summed E-state index contributed by atoms with van der Waals surface area (Å²) >= 11 is 0. The molecule has 22 heavy (non-hydrogen) atoms. The minimum atomic E-state index is -2.75. The monoisotopic (exact) mass is 308 g/mol. The summed E-state index contributed by atoms with van der Waals surface area (Å²) in [5.74, 6) is -5.90. The molecule has 1 aromatic carbocycles. The molecule has 0 spiro atoms. The lowest BCUT2D eigenvalue weighted by Crippen LogP contribution is -2.51. The van der Waals surface area contributed by atoms with E-state index in [1.54, 1.807) is 0 Å². The second-order valence-corrected chi connectivity index (χ2v) is 4.71. The molecule has 0 saturated heterocycles. The number of aromatic hydroxyl groups is 2. The number of benzene rings is 1. The van der Waals surface area contributed by atoms with Crippen LogP contribution in [0.2, 0.25) is 0 Å². The fourth-order valence-corrected chi connectivity index (χ4v) is 2.22. The third kappa shape index (κ3) is 2.06. The summed E-state index contributed by atoms with van der Waals surface area (Å²) in [6.45, 7) is 0. The summed E-state index contributed by atoms with van der Waals surface area (Å²) in [5.41, 5.74) is -3.11. The van der Waals surface area contributed by atoms with Gasteiger partial charge in [-0.15, -0.1) is 0 Å². The molecular formula is C14H12O8. The zero-order valence-corrected chi connectivity index (χ0v) is 11.0. The molecule has 1 aliphatic rings. The lowest BCUT2D eigenvalue weighted by molar-refractivity contribution is -0.149. The molecule has 0 heterocycles. The smallest absolute Gasteiger partial charge is 0.328 e. The Morgan fingerprint density at radius 1 is 1.05 bits per heavy atom. The fraction of sp³-hybridized carbons (Fsp3) is 0.143. The van der Waals surface area contributed by atoms with Gasteiger partial charge in [-0.05, 0) is 24.3 Å². The summed E-state index contributed by atoms with van der Waals surface area (Å²) in [6.07, 6.45) is -0.691. The van der Waals surface area contributed by atoms with Gasteiger partial charge in [-0.3, -0.25) is 9.59 Å². The van der Waals surface area contributed by atoms with E-state index >= 15 is 0 Å². The molecule has 116 valence electrons. The van der Waals surface area contributed by atoms with Crippen LogP contribution in [0, 0.1) is 5.41 Å². The topological polar surface area (TPSA) is 156 Å². The molecule has 2 rings (SSSR count). The first kappa shape index (κ1) is 15.4. The Balaban J connectivity index is 2.62. The number of rotatable bonds is 3. The highest BCUT2D eigenvalue weighted by molar-refractivity contribution is 6.15. The maximum atomic E-state index is 12.5. The second kappa shape index (κ2) is 5.08. The summed E-state index contributed by atoms with van der Waals surface area (Å²) in [6, 6.07) is 2.79. The molecule has 0 fully saturated rings. The van der Waals surface area contributed by atoms with E-state index in [0.29, 0.717) is 12.2 Å². The molecule has 8 nitrogen and oxygen atoms in total. The largest absolute Gasteiger partial charge is 0.510 e. The number of phenols is 2. The number of carboxylic acids is 1. The molecule has 1 aromatic rings. The molecular weight excluding hydrogens is 296 g/mol. The van der Waals surface area contributed by atoms with Crippen molar-refractivity contribution in [3.63, 3.8) is 0 Å². The van der Waals surface area contributed by atoms with Crippen molar-refractivity contribution in [1.82, 2.24) is 0 Å². The number of aliphatic carboxylic acids is 1. The Labute approximate surface area is 123 Å². The maximum Gasteiger partial charge on any atom is 0.328 e. The van der Waals surface area contributed by atoms with Crippen molar-refractivity contribution < 1.29 is 40.2 Å². The van der Waals surface area contributed by atoms with Crippen LogP contribution in [0.15, 0.2) is 41.9 Å². The quantitative estimate of drug-likeness (QED) is 0.269. The molecule has 0 radical (unpaired) electrons. The second-order valence-electron chi connectivity index (χ2n) is 4.71. The van der Waals surface area contributed by atoms with Gasteiger partial charge in [0.25, 0.3) is 0 Å². The van der Waals surface area contributed by atoms with Gasteiger partial charge in [0, 0.05) is 11.6 Å². The average Bonchev–Trinajstić information content (AvgIpc) is 2.40. The number of aliphatic hydroxyl groups excluding tert-OH is 3. The SMILES string of the molecule is O=C(O)C1(C(=O)c2ccc(O)c(O)c2)C(O)=CC(O)=CC1O. The molecule has 8 heteroatoms. The molecule has 0 aliphatic heterocycles. The standard InChI is InChI=1S/C14H12O8/c15-7-4-10(18)14(13(21)22,11(19)5-7)12(20)6-1-2-8(16)9(17)3-6/h1-5,10,15-19H,(H,21,22). The number of carboxylic acid groups (broad SMARTS) is 1. The minimum absolute atomic E-state index is 0.355. The van der Waals surface area contributed by atoms with E-state index in [9.17, 15) is 40.2 Å². The van der Waals surface area contributed by atoms with Gasteiger partial charge in [-0.25, -0.2) is 0 Å². The number of carbonyl (C=O) groups is 2. The van der Waals surface area contributed by atoms with Gasteiger partial charge >= 0.3 is 5.97 Å². The first-order chi connectivity index (χ1) is 10.2. The number of hydrogen-bond acceptors (Lipinski definition) is 7. The highest BCUT2D eigenvalue weighted by atomic mass is 16.4. The fourth-order valence-electron chi connectivity index (χ4n) is 2.22. The molecule has 2 unspecified atom stereocenters. The average molecular weight is 308 g/mol. The first-order valence-corrected chi connectivity index (χ1v) is 6.01. The number of aliphatic hydroxyl groups is 3. The summed E-state index contributed by atoms with van der Waals surface area (Å²) < 4.78 is 0. The van der Waals surface area contributed by atoms with Crippen LogP contribution >= 0.6 is 0 Å². The number of carbonyl (C=O) groups excluding carboxylic acids is 1. The normalized spacial score (nSPS) is 24.3. The Morgan fingerprint density at radius 2 is 1.68 bits per heavy atom. The van der Waals surface area contributed by atoms with E-state index in [1.807, 2.05) is 0 Å². The van der Waals surface area contributed by atoms with E-state index in [2.05, 4.69) is 0 Å². The van der Waals surface area contributed by atoms with Crippen molar-refractivity contribution in [3.8, 4) is 11.5 Å². The van der Waals surface area contributed by atoms with Gasteiger partial charge in [0.2, 0.25) is 5.41 Å². The zero-order chi connectivity index (χ0) is 16.7. The Kier molecular flexibility index (Phi) is 3.55. The third-order valence-corrected chi connectivity index (χ3v) is 3.39. The predicted octanol–water partition coefficient (Wildman–Crippen LogP) is 0.610.